The normalized spacial score (nSPS) is 19.0. The highest BCUT2D eigenvalue weighted by atomic mass is 32.1. The van der Waals surface area contributed by atoms with Crippen molar-refractivity contribution in [2.24, 2.45) is 9.98 Å². The molecule has 3 aromatic rings. The summed E-state index contributed by atoms with van der Waals surface area (Å²) < 4.78 is 23.9. The number of methoxy groups -OCH3 is 2. The predicted octanol–water partition coefficient (Wildman–Crippen LogP) is 6.98. The van der Waals surface area contributed by atoms with Crippen molar-refractivity contribution in [1.29, 1.82) is 0 Å². The molecule has 0 spiro atoms. The first-order chi connectivity index (χ1) is 25.3. The second-order valence-corrected chi connectivity index (χ2v) is 16.0. The largest absolute Gasteiger partial charge is 0.493 e. The Balaban J connectivity index is 1.15. The van der Waals surface area contributed by atoms with E-state index in [0.29, 0.717) is 78.0 Å². The third kappa shape index (κ3) is 7.50. The van der Waals surface area contributed by atoms with Crippen molar-refractivity contribution in [2.75, 3.05) is 45.8 Å². The number of hydrogen-bond donors (Lipinski definition) is 1. The van der Waals surface area contributed by atoms with Crippen molar-refractivity contribution in [3.8, 4) is 23.0 Å². The van der Waals surface area contributed by atoms with Crippen LogP contribution in [0.1, 0.15) is 58.5 Å². The Bertz CT molecular complexity index is 1940. The molecule has 0 aromatic heterocycles. The van der Waals surface area contributed by atoms with Crippen LogP contribution in [-0.4, -0.2) is 91.8 Å². The molecule has 276 valence electrons. The summed E-state index contributed by atoms with van der Waals surface area (Å²) in [5.41, 5.74) is 6.78. The first-order valence-corrected chi connectivity index (χ1v) is 18.0. The third-order valence-corrected chi connectivity index (χ3v) is 9.93. The van der Waals surface area contributed by atoms with Crippen molar-refractivity contribution in [1.82, 2.24) is 9.80 Å². The van der Waals surface area contributed by atoms with Crippen molar-refractivity contribution >= 4 is 53.9 Å². The van der Waals surface area contributed by atoms with Crippen LogP contribution >= 0.6 is 12.6 Å². The average molecular weight is 736 g/mol. The van der Waals surface area contributed by atoms with E-state index in [0.717, 1.165) is 28.0 Å². The fourth-order valence-corrected chi connectivity index (χ4v) is 7.55. The van der Waals surface area contributed by atoms with Crippen molar-refractivity contribution in [3.05, 3.63) is 89.0 Å². The molecule has 4 aliphatic rings. The first-order valence-electron chi connectivity index (χ1n) is 17.6. The van der Waals surface area contributed by atoms with Gasteiger partial charge in [0.1, 0.15) is 13.2 Å². The van der Waals surface area contributed by atoms with Gasteiger partial charge in [-0.25, -0.2) is 0 Å². The van der Waals surface area contributed by atoms with Crippen molar-refractivity contribution < 1.29 is 28.5 Å². The van der Waals surface area contributed by atoms with E-state index < -0.39 is 0 Å². The Labute approximate surface area is 316 Å². The van der Waals surface area contributed by atoms with E-state index in [1.165, 1.54) is 0 Å². The highest BCUT2D eigenvalue weighted by molar-refractivity contribution is 7.81. The van der Waals surface area contributed by atoms with Gasteiger partial charge in [0.25, 0.3) is 11.8 Å². The summed E-state index contributed by atoms with van der Waals surface area (Å²) in [7, 11) is 5.14. The van der Waals surface area contributed by atoms with Crippen LogP contribution in [0.25, 0.3) is 0 Å². The number of rotatable bonds is 11. The molecule has 12 heteroatoms. The zero-order valence-electron chi connectivity index (χ0n) is 30.8. The Kier molecular flexibility index (Phi) is 9.75. The van der Waals surface area contributed by atoms with Crippen LogP contribution < -0.4 is 23.8 Å². The molecule has 2 fully saturated rings. The maximum absolute atomic E-state index is 13.5. The summed E-state index contributed by atoms with van der Waals surface area (Å²) in [4.78, 5) is 42.0. The van der Waals surface area contributed by atoms with E-state index in [1.54, 1.807) is 48.3 Å². The number of aliphatic imine (C=N–C) groups is 2. The van der Waals surface area contributed by atoms with Gasteiger partial charge in [-0.1, -0.05) is 24.3 Å². The SMILES string of the molecule is C=C1C[C@H]2C=Nc3cc(OCc4cc(COc5cc6c(cc5OC)C(=O)N5CC(=C)C[C@H]5C=N6)cc(N(C)CC(C)(C)S)c4)c(OC)cc3C(=O)N2C1. The molecule has 0 saturated carbocycles. The molecule has 0 unspecified atom stereocenters. The van der Waals surface area contributed by atoms with Crippen LogP contribution in [0.2, 0.25) is 0 Å². The van der Waals surface area contributed by atoms with Gasteiger partial charge >= 0.3 is 0 Å². The van der Waals surface area contributed by atoms with E-state index in [4.69, 9.17) is 31.6 Å². The number of nitrogens with zero attached hydrogens (tertiary/aromatic N) is 5. The van der Waals surface area contributed by atoms with Gasteiger partial charge in [-0.05, 0) is 68.1 Å². The van der Waals surface area contributed by atoms with Gasteiger partial charge in [-0.2, -0.15) is 12.6 Å². The Morgan fingerprint density at radius 1 is 0.755 bits per heavy atom. The van der Waals surface area contributed by atoms with E-state index in [1.807, 2.05) is 25.5 Å². The Morgan fingerprint density at radius 2 is 1.21 bits per heavy atom. The van der Waals surface area contributed by atoms with Gasteiger partial charge in [0, 0.05) is 61.7 Å². The fourth-order valence-electron chi connectivity index (χ4n) is 7.33. The topological polar surface area (TPSA) is 105 Å². The van der Waals surface area contributed by atoms with Crippen LogP contribution in [-0.2, 0) is 13.2 Å². The van der Waals surface area contributed by atoms with Gasteiger partial charge in [-0.3, -0.25) is 19.6 Å². The number of anilines is 1. The summed E-state index contributed by atoms with van der Waals surface area (Å²) in [5, 5.41) is 0. The average Bonchev–Trinajstić information content (AvgIpc) is 3.63. The molecule has 2 atom stereocenters. The second kappa shape index (κ2) is 14.3. The minimum absolute atomic E-state index is 0.102. The number of carbonyl (C=O) groups excluding carboxylic acids is 2. The summed E-state index contributed by atoms with van der Waals surface area (Å²) in [5.74, 6) is 1.64. The molecule has 7 rings (SSSR count). The quantitative estimate of drug-likeness (QED) is 0.167. The predicted molar refractivity (Wildman–Crippen MR) is 211 cm³/mol. The molecule has 0 aliphatic carbocycles. The molecular formula is C41H45N5O6S. The lowest BCUT2D eigenvalue weighted by atomic mass is 10.1. The number of thiol groups is 1. The van der Waals surface area contributed by atoms with Crippen LogP contribution in [0.4, 0.5) is 17.1 Å². The number of amides is 2. The summed E-state index contributed by atoms with van der Waals surface area (Å²) in [6.45, 7) is 14.4. The maximum Gasteiger partial charge on any atom is 0.257 e. The molecule has 11 nitrogen and oxygen atoms in total. The Morgan fingerprint density at radius 3 is 1.62 bits per heavy atom. The molecule has 2 saturated heterocycles. The molecular weight excluding hydrogens is 691 g/mol. The highest BCUT2D eigenvalue weighted by Gasteiger charge is 2.35. The molecule has 0 bridgehead atoms. The second-order valence-electron chi connectivity index (χ2n) is 14.8. The van der Waals surface area contributed by atoms with Crippen LogP contribution in [0, 0.1) is 0 Å². The molecule has 4 heterocycles. The number of ether oxygens (including phenoxy) is 4. The summed E-state index contributed by atoms with van der Waals surface area (Å²) >= 11 is 4.77. The van der Waals surface area contributed by atoms with E-state index in [9.17, 15) is 9.59 Å². The molecule has 0 radical (unpaired) electrons. The molecule has 53 heavy (non-hydrogen) atoms. The zero-order chi connectivity index (χ0) is 37.6. The van der Waals surface area contributed by atoms with Crippen molar-refractivity contribution in [3.63, 3.8) is 0 Å². The lowest BCUT2D eigenvalue weighted by molar-refractivity contribution is 0.0769. The van der Waals surface area contributed by atoms with E-state index >= 15 is 0 Å². The number of hydrogen-bond acceptors (Lipinski definition) is 10. The Hall–Kier alpha value is -5.23. The third-order valence-electron chi connectivity index (χ3n) is 9.79. The monoisotopic (exact) mass is 735 g/mol. The van der Waals surface area contributed by atoms with E-state index in [-0.39, 0.29) is 41.9 Å². The van der Waals surface area contributed by atoms with Crippen molar-refractivity contribution in [2.45, 2.75) is 56.7 Å². The summed E-state index contributed by atoms with van der Waals surface area (Å²) in [6, 6.07) is 12.9. The number of carbonyl (C=O) groups is 2. The molecule has 0 N–H and O–H groups in total. The zero-order valence-corrected chi connectivity index (χ0v) is 31.7. The van der Waals surface area contributed by atoms with E-state index in [2.05, 4.69) is 54.0 Å². The maximum atomic E-state index is 13.5. The molecule has 2 amide bonds. The van der Waals surface area contributed by atoms with Gasteiger partial charge < -0.3 is 33.6 Å². The van der Waals surface area contributed by atoms with Crippen LogP contribution in [0.15, 0.2) is 76.8 Å². The van der Waals surface area contributed by atoms with Gasteiger partial charge in [0.2, 0.25) is 0 Å². The lowest BCUT2D eigenvalue weighted by Gasteiger charge is -2.28. The smallest absolute Gasteiger partial charge is 0.257 e. The standard InChI is InChI=1S/C41H45N5O6S/c1-24-8-29-17-42-33-15-37(35(49-6)13-31(33)39(47)45(29)19-24)51-21-26-10-27(12-28(11-26)44(5)23-41(3,4)53)22-52-38-16-34-32(14-36(38)50-7)40(48)46-20-25(2)9-30(46)18-43-34/h10-18,29-30,53H,1-2,8-9,19-23H2,3-7H3/t29-,30-/m0/s1. The summed E-state index contributed by atoms with van der Waals surface area (Å²) in [6.07, 6.45) is 5.04. The van der Waals surface area contributed by atoms with Gasteiger partial charge in [0.15, 0.2) is 23.0 Å². The minimum Gasteiger partial charge on any atom is -0.493 e. The molecule has 4 aliphatic heterocycles. The number of benzene rings is 3. The lowest BCUT2D eigenvalue weighted by Crippen LogP contribution is -2.35. The highest BCUT2D eigenvalue weighted by Crippen LogP contribution is 2.41. The minimum atomic E-state index is -0.247. The first kappa shape index (κ1) is 36.1. The van der Waals surface area contributed by atoms with Gasteiger partial charge in [-0.15, -0.1) is 0 Å². The van der Waals surface area contributed by atoms with Crippen LogP contribution in [0.5, 0.6) is 23.0 Å². The van der Waals surface area contributed by atoms with Gasteiger partial charge in [0.05, 0.1) is 48.8 Å². The van der Waals surface area contributed by atoms with Crippen LogP contribution in [0.3, 0.4) is 0 Å². The number of fused-ring (bicyclic) bond motifs is 4. The fraction of sp³-hybridized carbons (Fsp3) is 0.366. The molecule has 3 aromatic carbocycles.